The molecule has 1 heterocycles. The number of carbonyl (C=O) groups excluding carboxylic acids is 2. The first-order valence-corrected chi connectivity index (χ1v) is 13.4. The van der Waals surface area contributed by atoms with E-state index in [1.54, 1.807) is 0 Å². The van der Waals surface area contributed by atoms with E-state index in [2.05, 4.69) is 24.4 Å². The zero-order valence-electron chi connectivity index (χ0n) is 19.3. The van der Waals surface area contributed by atoms with Gasteiger partial charge in [-0.1, -0.05) is 30.0 Å². The Bertz CT molecular complexity index is 1220. The number of amides is 2. The van der Waals surface area contributed by atoms with Crippen molar-refractivity contribution in [3.8, 4) is 0 Å². The first-order valence-electron chi connectivity index (χ1n) is 10.2. The summed E-state index contributed by atoms with van der Waals surface area (Å²) >= 11 is 2.32. The molecule has 11 nitrogen and oxygen atoms in total. The maximum Gasteiger partial charge on any atom is 0.448 e. The van der Waals surface area contributed by atoms with Crippen LogP contribution in [0.2, 0.25) is 0 Å². The predicted molar refractivity (Wildman–Crippen MR) is 123 cm³/mol. The topological polar surface area (TPSA) is 149 Å². The van der Waals surface area contributed by atoms with Gasteiger partial charge in [0.05, 0.1) is 11.5 Å². The third-order valence-electron chi connectivity index (χ3n) is 4.02. The molecule has 0 aliphatic rings. The van der Waals surface area contributed by atoms with E-state index >= 15 is 0 Å². The zero-order chi connectivity index (χ0) is 28.8. The van der Waals surface area contributed by atoms with E-state index in [9.17, 15) is 44.3 Å². The second kappa shape index (κ2) is 12.3. The maximum atomic E-state index is 13.7. The van der Waals surface area contributed by atoms with Crippen LogP contribution in [-0.4, -0.2) is 67.7 Å². The summed E-state index contributed by atoms with van der Waals surface area (Å²) in [7, 11) is -4.16. The van der Waals surface area contributed by atoms with Crippen LogP contribution < -0.4 is 15.4 Å². The molecule has 0 fully saturated rings. The quantitative estimate of drug-likeness (QED) is 0.149. The number of anilines is 2. The molecule has 0 bridgehead atoms. The lowest BCUT2D eigenvalue weighted by molar-refractivity contribution is -0.305. The highest BCUT2D eigenvalue weighted by molar-refractivity contribution is 8.01. The summed E-state index contributed by atoms with van der Waals surface area (Å²) in [6.45, 7) is -0.268. The minimum absolute atomic E-state index is 0.0242. The number of urea groups is 1. The van der Waals surface area contributed by atoms with Gasteiger partial charge in [-0.05, 0) is 36.9 Å². The summed E-state index contributed by atoms with van der Waals surface area (Å²) in [6, 6.07) is 2.10. The van der Waals surface area contributed by atoms with Crippen LogP contribution in [-0.2, 0) is 24.3 Å². The summed E-state index contributed by atoms with van der Waals surface area (Å²) < 4.78 is 115. The molecule has 0 aliphatic carbocycles. The van der Waals surface area contributed by atoms with Gasteiger partial charge in [0.15, 0.2) is 4.34 Å². The van der Waals surface area contributed by atoms with E-state index in [4.69, 9.17) is 0 Å². The number of halogens is 6. The molecule has 3 N–H and O–H groups in total. The van der Waals surface area contributed by atoms with Crippen LogP contribution in [0.5, 0.6) is 0 Å². The van der Waals surface area contributed by atoms with Crippen molar-refractivity contribution in [1.82, 2.24) is 15.5 Å². The molecule has 0 aliphatic heterocycles. The molecule has 0 saturated carbocycles. The highest BCUT2D eigenvalue weighted by atomic mass is 32.2. The Labute approximate surface area is 219 Å². The lowest BCUT2D eigenvalue weighted by atomic mass is 10.2. The molecule has 2 aromatic rings. The number of alkyl halides is 6. The highest BCUT2D eigenvalue weighted by Gasteiger charge is 2.66. The van der Waals surface area contributed by atoms with E-state index in [0.29, 0.717) is 10.1 Å². The average molecular weight is 612 g/mol. The molecule has 2 rings (SSSR count). The van der Waals surface area contributed by atoms with E-state index in [1.165, 1.54) is 11.8 Å². The molecular formula is C18H19F6N5O6S3. The van der Waals surface area contributed by atoms with Gasteiger partial charge in [0.1, 0.15) is 6.61 Å². The van der Waals surface area contributed by atoms with E-state index in [0.717, 1.165) is 47.8 Å². The number of sulfonamides is 1. The molecule has 0 radical (unpaired) electrons. The van der Waals surface area contributed by atoms with Gasteiger partial charge in [0.25, 0.3) is 10.0 Å². The molecule has 1 aromatic carbocycles. The molecule has 212 valence electrons. The number of rotatable bonds is 11. The maximum absolute atomic E-state index is 13.7. The SMILES string of the molecule is CCOC(=O)[C@](NC(=O)Nc1ccc(S(=O)(=O)Nc2nnc(SCC)s2)cc1)(OCC(F)(F)F)C(F)(F)F. The van der Waals surface area contributed by atoms with Crippen molar-refractivity contribution in [3.63, 3.8) is 0 Å². The summed E-state index contributed by atoms with van der Waals surface area (Å²) in [6.07, 6.45) is -11.2. The Kier molecular flexibility index (Phi) is 10.2. The average Bonchev–Trinajstić information content (AvgIpc) is 3.22. The molecule has 0 unspecified atom stereocenters. The largest absolute Gasteiger partial charge is 0.462 e. The predicted octanol–water partition coefficient (Wildman–Crippen LogP) is 3.97. The number of benzene rings is 1. The van der Waals surface area contributed by atoms with Crippen LogP contribution in [0, 0.1) is 0 Å². The summed E-state index contributed by atoms with van der Waals surface area (Å²) in [5, 5.41) is 10.4. The molecule has 1 atom stereocenters. The minimum atomic E-state index is -5.87. The van der Waals surface area contributed by atoms with Crippen LogP contribution in [0.15, 0.2) is 33.5 Å². The van der Waals surface area contributed by atoms with Crippen molar-refractivity contribution < 1.29 is 53.8 Å². The first kappa shape index (κ1) is 31.4. The third-order valence-corrected chi connectivity index (χ3v) is 7.36. The fraction of sp³-hybridized carbons (Fsp3) is 0.444. The molecule has 0 saturated heterocycles. The molecule has 0 spiro atoms. The standard InChI is InChI=1S/C18H19F6N5O6S3/c1-3-34-12(30)17(18(22,23)24,35-9-16(19,20)21)26-13(31)25-10-5-7-11(8-6-10)38(32,33)29-14-27-28-15(37-14)36-4-2/h5-8H,3-4,9H2,1-2H3,(H,27,29)(H2,25,26,31)/t17-/m0/s1. The van der Waals surface area contributed by atoms with Crippen molar-refractivity contribution in [1.29, 1.82) is 0 Å². The van der Waals surface area contributed by atoms with Crippen molar-refractivity contribution in [2.75, 3.05) is 29.0 Å². The van der Waals surface area contributed by atoms with Gasteiger partial charge < -0.3 is 14.8 Å². The Morgan fingerprint density at radius 2 is 1.68 bits per heavy atom. The number of hydrogen-bond donors (Lipinski definition) is 3. The van der Waals surface area contributed by atoms with Crippen molar-refractivity contribution >= 4 is 55.9 Å². The first-order chi connectivity index (χ1) is 17.5. The number of aromatic nitrogens is 2. The minimum Gasteiger partial charge on any atom is -0.462 e. The fourth-order valence-electron chi connectivity index (χ4n) is 2.48. The normalized spacial score (nSPS) is 13.9. The van der Waals surface area contributed by atoms with E-state index < -0.39 is 53.3 Å². The summed E-state index contributed by atoms with van der Waals surface area (Å²) in [4.78, 5) is 23.9. The van der Waals surface area contributed by atoms with Gasteiger partial charge in [-0.25, -0.2) is 18.0 Å². The highest BCUT2D eigenvalue weighted by Crippen LogP contribution is 2.35. The van der Waals surface area contributed by atoms with Crippen molar-refractivity contribution in [2.24, 2.45) is 0 Å². The fourth-order valence-corrected chi connectivity index (χ4v) is 5.36. The third kappa shape index (κ3) is 8.33. The monoisotopic (exact) mass is 611 g/mol. The number of nitrogens with zero attached hydrogens (tertiary/aromatic N) is 2. The summed E-state index contributed by atoms with van der Waals surface area (Å²) in [5.41, 5.74) is -4.78. The van der Waals surface area contributed by atoms with Crippen LogP contribution in [0.4, 0.5) is 42.0 Å². The smallest absolute Gasteiger partial charge is 0.448 e. The van der Waals surface area contributed by atoms with Gasteiger partial charge in [0.2, 0.25) is 5.13 Å². The van der Waals surface area contributed by atoms with Crippen LogP contribution >= 0.6 is 23.1 Å². The number of nitrogens with one attached hydrogen (secondary N) is 3. The molecule has 2 amide bonds. The second-order valence-corrected chi connectivity index (χ2v) is 11.0. The zero-order valence-corrected chi connectivity index (χ0v) is 21.7. The van der Waals surface area contributed by atoms with Gasteiger partial charge >= 0.3 is 30.1 Å². The van der Waals surface area contributed by atoms with Crippen LogP contribution in [0.1, 0.15) is 13.8 Å². The molecule has 1 aromatic heterocycles. The van der Waals surface area contributed by atoms with Crippen LogP contribution in [0.3, 0.4) is 0 Å². The Morgan fingerprint density at radius 3 is 2.21 bits per heavy atom. The van der Waals surface area contributed by atoms with Gasteiger partial charge in [-0.3, -0.25) is 10.0 Å². The van der Waals surface area contributed by atoms with E-state index in [-0.39, 0.29) is 15.7 Å². The molecular weight excluding hydrogens is 592 g/mol. The van der Waals surface area contributed by atoms with Crippen molar-refractivity contribution in [3.05, 3.63) is 24.3 Å². The number of carbonyl (C=O) groups is 2. The van der Waals surface area contributed by atoms with Gasteiger partial charge in [-0.2, -0.15) is 26.3 Å². The number of hydrogen-bond acceptors (Lipinski definition) is 10. The van der Waals surface area contributed by atoms with E-state index in [1.807, 2.05) is 12.2 Å². The lowest BCUT2D eigenvalue weighted by Crippen LogP contribution is -2.67. The number of esters is 1. The second-order valence-electron chi connectivity index (χ2n) is 6.82. The number of ether oxygens (including phenoxy) is 2. The Balaban J connectivity index is 2.20. The van der Waals surface area contributed by atoms with Gasteiger partial charge in [0, 0.05) is 5.69 Å². The molecule has 38 heavy (non-hydrogen) atoms. The summed E-state index contributed by atoms with van der Waals surface area (Å²) in [5.74, 6) is -1.65. The van der Waals surface area contributed by atoms with Gasteiger partial charge in [-0.15, -0.1) is 10.2 Å². The molecule has 20 heteroatoms. The van der Waals surface area contributed by atoms with Crippen LogP contribution in [0.25, 0.3) is 0 Å². The Morgan fingerprint density at radius 1 is 1.05 bits per heavy atom. The Hall–Kier alpha value is -2.84. The van der Waals surface area contributed by atoms with Crippen molar-refractivity contribution in [2.45, 2.75) is 41.2 Å². The lowest BCUT2D eigenvalue weighted by Gasteiger charge is -2.33. The number of thioether (sulfide) groups is 1.